The number of tetrazole rings is 1. The molecule has 0 aromatic carbocycles. The lowest BCUT2D eigenvalue weighted by Crippen LogP contribution is -2.24. The van der Waals surface area contributed by atoms with Gasteiger partial charge in [-0.3, -0.25) is 4.79 Å². The van der Waals surface area contributed by atoms with Crippen molar-refractivity contribution >= 4 is 5.91 Å². The Bertz CT molecular complexity index is 498. The molecule has 1 amide bonds. The highest BCUT2D eigenvalue weighted by Crippen LogP contribution is 2.07. The van der Waals surface area contributed by atoms with E-state index in [-0.39, 0.29) is 5.82 Å². The molecule has 8 nitrogen and oxygen atoms in total. The molecule has 2 N–H and O–H groups in total. The second kappa shape index (κ2) is 5.01. The summed E-state index contributed by atoms with van der Waals surface area (Å²) in [5, 5.41) is 15.3. The lowest BCUT2D eigenvalue weighted by Gasteiger charge is -2.04. The zero-order valence-corrected chi connectivity index (χ0v) is 9.04. The van der Waals surface area contributed by atoms with E-state index >= 15 is 0 Å². The number of aromatic nitrogens is 5. The van der Waals surface area contributed by atoms with Gasteiger partial charge in [-0.15, -0.1) is 10.2 Å². The highest BCUT2D eigenvalue weighted by molar-refractivity contribution is 5.89. The standard InChI is InChI=1S/C9H10N6O2/c1-17-7-4-6(2-3-10-7)5-11-9(16)8-12-14-15-13-8/h2-4H,5H2,1H3,(H,11,16)(H,12,13,14,15). The molecule has 2 rings (SSSR count). The molecule has 2 heterocycles. The van der Waals surface area contributed by atoms with E-state index in [1.165, 1.54) is 7.11 Å². The summed E-state index contributed by atoms with van der Waals surface area (Å²) in [6.45, 7) is 0.340. The number of carbonyl (C=O) groups is 1. The summed E-state index contributed by atoms with van der Waals surface area (Å²) in [7, 11) is 1.53. The second-order valence-electron chi connectivity index (χ2n) is 3.12. The first kappa shape index (κ1) is 11.0. The number of H-pyrrole nitrogens is 1. The van der Waals surface area contributed by atoms with Crippen molar-refractivity contribution in [1.29, 1.82) is 0 Å². The molecule has 88 valence electrons. The number of rotatable bonds is 4. The van der Waals surface area contributed by atoms with Crippen LogP contribution < -0.4 is 10.1 Å². The van der Waals surface area contributed by atoms with Gasteiger partial charge in [0.15, 0.2) is 0 Å². The van der Waals surface area contributed by atoms with Crippen LogP contribution in [0.1, 0.15) is 16.2 Å². The molecule has 2 aromatic rings. The van der Waals surface area contributed by atoms with Gasteiger partial charge in [0, 0.05) is 18.8 Å². The van der Waals surface area contributed by atoms with Gasteiger partial charge >= 0.3 is 0 Å². The molecule has 0 fully saturated rings. The molecule has 8 heteroatoms. The number of aromatic amines is 1. The van der Waals surface area contributed by atoms with Crippen LogP contribution in [-0.2, 0) is 6.54 Å². The van der Waals surface area contributed by atoms with Crippen LogP contribution in [0.3, 0.4) is 0 Å². The summed E-state index contributed by atoms with van der Waals surface area (Å²) in [4.78, 5) is 15.5. The number of carbonyl (C=O) groups excluding carboxylic acids is 1. The minimum atomic E-state index is -0.394. The minimum absolute atomic E-state index is 0.00558. The first-order valence-corrected chi connectivity index (χ1v) is 4.80. The normalized spacial score (nSPS) is 9.94. The molecule has 17 heavy (non-hydrogen) atoms. The smallest absolute Gasteiger partial charge is 0.293 e. The third-order valence-electron chi connectivity index (χ3n) is 2.01. The van der Waals surface area contributed by atoms with E-state index in [9.17, 15) is 4.79 Å². The van der Waals surface area contributed by atoms with Crippen LogP contribution in [0.25, 0.3) is 0 Å². The first-order valence-electron chi connectivity index (χ1n) is 4.80. The summed E-state index contributed by atoms with van der Waals surface area (Å²) in [6, 6.07) is 3.51. The Balaban J connectivity index is 1.95. The van der Waals surface area contributed by atoms with Crippen LogP contribution in [0.15, 0.2) is 18.3 Å². The van der Waals surface area contributed by atoms with E-state index in [0.717, 1.165) is 5.56 Å². The van der Waals surface area contributed by atoms with Crippen molar-refractivity contribution in [2.24, 2.45) is 0 Å². The van der Waals surface area contributed by atoms with Crippen LogP contribution in [0.2, 0.25) is 0 Å². The van der Waals surface area contributed by atoms with Gasteiger partial charge in [0.05, 0.1) is 7.11 Å². The van der Waals surface area contributed by atoms with Crippen molar-refractivity contribution in [1.82, 2.24) is 30.9 Å². The molecule has 2 aromatic heterocycles. The molecule has 0 saturated heterocycles. The molecule has 0 bridgehead atoms. The molecular formula is C9H10N6O2. The summed E-state index contributed by atoms with van der Waals surface area (Å²) in [5.41, 5.74) is 0.869. The Morgan fingerprint density at radius 3 is 3.18 bits per heavy atom. The van der Waals surface area contributed by atoms with Crippen LogP contribution in [0, 0.1) is 0 Å². The summed E-state index contributed by atoms with van der Waals surface area (Å²) >= 11 is 0. The first-order chi connectivity index (χ1) is 8.29. The van der Waals surface area contributed by atoms with Crippen LogP contribution in [-0.4, -0.2) is 38.6 Å². The van der Waals surface area contributed by atoms with Gasteiger partial charge in [-0.05, 0) is 16.8 Å². The maximum Gasteiger partial charge on any atom is 0.293 e. The lowest BCUT2D eigenvalue weighted by molar-refractivity contribution is 0.0940. The molecule has 0 radical (unpaired) electrons. The fourth-order valence-corrected chi connectivity index (χ4v) is 1.19. The number of ether oxygens (including phenoxy) is 1. The van der Waals surface area contributed by atoms with E-state index < -0.39 is 5.91 Å². The van der Waals surface area contributed by atoms with Gasteiger partial charge in [-0.1, -0.05) is 0 Å². The van der Waals surface area contributed by atoms with Gasteiger partial charge in [0.25, 0.3) is 11.7 Å². The SMILES string of the molecule is COc1cc(CNC(=O)c2nn[nH]n2)ccn1. The van der Waals surface area contributed by atoms with Crippen molar-refractivity contribution in [3.63, 3.8) is 0 Å². The van der Waals surface area contributed by atoms with E-state index in [2.05, 4.69) is 30.9 Å². The zero-order chi connectivity index (χ0) is 12.1. The second-order valence-corrected chi connectivity index (χ2v) is 3.12. The fourth-order valence-electron chi connectivity index (χ4n) is 1.19. The minimum Gasteiger partial charge on any atom is -0.481 e. The third kappa shape index (κ3) is 2.74. The average Bonchev–Trinajstić information content (AvgIpc) is 2.90. The van der Waals surface area contributed by atoms with E-state index in [1.807, 2.05) is 0 Å². The number of methoxy groups -OCH3 is 1. The van der Waals surface area contributed by atoms with Gasteiger partial charge in [0.2, 0.25) is 5.88 Å². The number of hydrogen-bond acceptors (Lipinski definition) is 6. The molecule has 0 aliphatic carbocycles. The Kier molecular flexibility index (Phi) is 3.24. The van der Waals surface area contributed by atoms with Gasteiger partial charge in [-0.2, -0.15) is 5.21 Å². The van der Waals surface area contributed by atoms with Gasteiger partial charge < -0.3 is 10.1 Å². The maximum absolute atomic E-state index is 11.5. The molecule has 0 saturated carbocycles. The number of nitrogens with zero attached hydrogens (tertiary/aromatic N) is 4. The fraction of sp³-hybridized carbons (Fsp3) is 0.222. The van der Waals surface area contributed by atoms with E-state index in [0.29, 0.717) is 12.4 Å². The van der Waals surface area contributed by atoms with E-state index in [1.54, 1.807) is 18.3 Å². The maximum atomic E-state index is 11.5. The van der Waals surface area contributed by atoms with Crippen molar-refractivity contribution < 1.29 is 9.53 Å². The Morgan fingerprint density at radius 1 is 1.59 bits per heavy atom. The summed E-state index contributed by atoms with van der Waals surface area (Å²) in [5.74, 6) is 0.108. The number of pyridine rings is 1. The Labute approximate surface area is 96.4 Å². The van der Waals surface area contributed by atoms with Gasteiger partial charge in [-0.25, -0.2) is 4.98 Å². The third-order valence-corrected chi connectivity index (χ3v) is 2.01. The zero-order valence-electron chi connectivity index (χ0n) is 9.04. The van der Waals surface area contributed by atoms with Crippen molar-refractivity contribution in [3.05, 3.63) is 29.7 Å². The predicted octanol–water partition coefficient (Wildman–Crippen LogP) is -0.467. The number of nitrogens with one attached hydrogen (secondary N) is 2. The predicted molar refractivity (Wildman–Crippen MR) is 56.1 cm³/mol. The molecule has 0 spiro atoms. The summed E-state index contributed by atoms with van der Waals surface area (Å²) < 4.78 is 4.97. The number of amides is 1. The van der Waals surface area contributed by atoms with Crippen LogP contribution in [0.4, 0.5) is 0 Å². The topological polar surface area (TPSA) is 106 Å². The average molecular weight is 234 g/mol. The Hall–Kier alpha value is -2.51. The monoisotopic (exact) mass is 234 g/mol. The van der Waals surface area contributed by atoms with E-state index in [4.69, 9.17) is 4.74 Å². The molecular weight excluding hydrogens is 224 g/mol. The highest BCUT2D eigenvalue weighted by atomic mass is 16.5. The highest BCUT2D eigenvalue weighted by Gasteiger charge is 2.09. The van der Waals surface area contributed by atoms with Crippen molar-refractivity contribution in [2.75, 3.05) is 7.11 Å². The van der Waals surface area contributed by atoms with Crippen molar-refractivity contribution in [2.45, 2.75) is 6.54 Å². The van der Waals surface area contributed by atoms with Gasteiger partial charge in [0.1, 0.15) is 0 Å². The van der Waals surface area contributed by atoms with Crippen molar-refractivity contribution in [3.8, 4) is 5.88 Å². The molecule has 0 atom stereocenters. The number of hydrogen-bond donors (Lipinski definition) is 2. The Morgan fingerprint density at radius 2 is 2.47 bits per heavy atom. The van der Waals surface area contributed by atoms with Crippen LogP contribution in [0.5, 0.6) is 5.88 Å². The largest absolute Gasteiger partial charge is 0.481 e. The van der Waals surface area contributed by atoms with Crippen LogP contribution >= 0.6 is 0 Å². The molecule has 0 aliphatic heterocycles. The molecule has 0 unspecified atom stereocenters. The molecule has 0 aliphatic rings. The quantitative estimate of drug-likeness (QED) is 0.741. The lowest BCUT2D eigenvalue weighted by atomic mass is 10.2. The summed E-state index contributed by atoms with van der Waals surface area (Å²) in [6.07, 6.45) is 1.61.